The molecule has 7 heteroatoms. The SMILES string of the molecule is COCC(CC(C)(C)C)(ONC(=O)OCc1ccccc1)C(=O)O. The van der Waals surface area contributed by atoms with Gasteiger partial charge in [0.05, 0.1) is 6.61 Å². The highest BCUT2D eigenvalue weighted by atomic mass is 16.7. The molecule has 0 saturated heterocycles. The molecule has 24 heavy (non-hydrogen) atoms. The third-order valence-electron chi connectivity index (χ3n) is 3.13. The van der Waals surface area contributed by atoms with Gasteiger partial charge in [0, 0.05) is 7.11 Å². The zero-order chi connectivity index (χ0) is 18.2. The summed E-state index contributed by atoms with van der Waals surface area (Å²) in [6.07, 6.45) is -0.725. The number of aliphatic carboxylic acids is 1. The number of hydrogen-bond acceptors (Lipinski definition) is 5. The van der Waals surface area contributed by atoms with E-state index in [4.69, 9.17) is 14.3 Å². The number of rotatable bonds is 8. The Bertz CT molecular complexity index is 540. The monoisotopic (exact) mass is 339 g/mol. The Kier molecular flexibility index (Phi) is 7.18. The van der Waals surface area contributed by atoms with Crippen LogP contribution in [-0.4, -0.2) is 36.5 Å². The van der Waals surface area contributed by atoms with Gasteiger partial charge in [-0.05, 0) is 17.4 Å². The molecule has 0 fully saturated rings. The topological polar surface area (TPSA) is 94.1 Å². The summed E-state index contributed by atoms with van der Waals surface area (Å²) in [7, 11) is 1.37. The van der Waals surface area contributed by atoms with E-state index in [9.17, 15) is 14.7 Å². The molecule has 1 atom stereocenters. The van der Waals surface area contributed by atoms with Gasteiger partial charge in [-0.15, -0.1) is 0 Å². The molecule has 7 nitrogen and oxygen atoms in total. The van der Waals surface area contributed by atoms with E-state index in [1.54, 1.807) is 12.1 Å². The normalized spacial score (nSPS) is 13.8. The number of benzene rings is 1. The molecule has 1 rings (SSSR count). The zero-order valence-electron chi connectivity index (χ0n) is 14.5. The van der Waals surface area contributed by atoms with Crippen molar-refractivity contribution in [2.45, 2.75) is 39.4 Å². The smallest absolute Gasteiger partial charge is 0.431 e. The highest BCUT2D eigenvalue weighted by molar-refractivity contribution is 5.78. The number of hydrogen-bond donors (Lipinski definition) is 2. The third kappa shape index (κ3) is 6.55. The summed E-state index contributed by atoms with van der Waals surface area (Å²) in [5, 5.41) is 9.54. The lowest BCUT2D eigenvalue weighted by Gasteiger charge is -2.33. The number of carbonyl (C=O) groups is 2. The van der Waals surface area contributed by atoms with E-state index >= 15 is 0 Å². The highest BCUT2D eigenvalue weighted by Gasteiger charge is 2.45. The van der Waals surface area contributed by atoms with E-state index in [1.807, 2.05) is 39.0 Å². The highest BCUT2D eigenvalue weighted by Crippen LogP contribution is 2.30. The van der Waals surface area contributed by atoms with Crippen LogP contribution in [0, 0.1) is 5.41 Å². The minimum Gasteiger partial charge on any atom is -0.479 e. The van der Waals surface area contributed by atoms with E-state index in [0.717, 1.165) is 5.56 Å². The second-order valence-electron chi connectivity index (χ2n) is 6.74. The minimum absolute atomic E-state index is 0.0552. The van der Waals surface area contributed by atoms with Gasteiger partial charge in [-0.3, -0.25) is 0 Å². The first-order valence-electron chi connectivity index (χ1n) is 7.55. The van der Waals surface area contributed by atoms with Crippen LogP contribution in [0.1, 0.15) is 32.8 Å². The number of methoxy groups -OCH3 is 1. The van der Waals surface area contributed by atoms with E-state index in [1.165, 1.54) is 7.11 Å². The molecular weight excluding hydrogens is 314 g/mol. The second kappa shape index (κ2) is 8.65. The number of ether oxygens (including phenoxy) is 2. The Morgan fingerprint density at radius 3 is 2.29 bits per heavy atom. The first kappa shape index (κ1) is 19.9. The molecule has 1 amide bonds. The third-order valence-corrected chi connectivity index (χ3v) is 3.13. The Morgan fingerprint density at radius 2 is 1.79 bits per heavy atom. The van der Waals surface area contributed by atoms with Crippen LogP contribution in [0.4, 0.5) is 4.79 Å². The molecule has 1 aromatic carbocycles. The van der Waals surface area contributed by atoms with Gasteiger partial charge in [-0.1, -0.05) is 51.1 Å². The van der Waals surface area contributed by atoms with Gasteiger partial charge in [0.15, 0.2) is 0 Å². The van der Waals surface area contributed by atoms with Crippen molar-refractivity contribution >= 4 is 12.1 Å². The van der Waals surface area contributed by atoms with Gasteiger partial charge in [0.2, 0.25) is 5.60 Å². The van der Waals surface area contributed by atoms with Crippen molar-refractivity contribution < 1.29 is 29.0 Å². The Labute approximate surface area is 141 Å². The number of carboxylic acids is 1. The van der Waals surface area contributed by atoms with Gasteiger partial charge < -0.3 is 14.6 Å². The summed E-state index contributed by atoms with van der Waals surface area (Å²) < 4.78 is 9.98. The Morgan fingerprint density at radius 1 is 1.17 bits per heavy atom. The molecule has 0 heterocycles. The zero-order valence-corrected chi connectivity index (χ0v) is 14.5. The van der Waals surface area contributed by atoms with Crippen molar-refractivity contribution in [3.8, 4) is 0 Å². The quantitative estimate of drug-likeness (QED) is 0.707. The fourth-order valence-corrected chi connectivity index (χ4v) is 2.28. The fourth-order valence-electron chi connectivity index (χ4n) is 2.28. The molecule has 0 saturated carbocycles. The molecule has 0 aliphatic rings. The minimum atomic E-state index is -1.70. The van der Waals surface area contributed by atoms with Crippen LogP contribution in [-0.2, 0) is 25.7 Å². The lowest BCUT2D eigenvalue weighted by molar-refractivity contribution is -0.190. The maximum Gasteiger partial charge on any atom is 0.431 e. The second-order valence-corrected chi connectivity index (χ2v) is 6.74. The van der Waals surface area contributed by atoms with E-state index in [-0.39, 0.29) is 25.0 Å². The van der Waals surface area contributed by atoms with Crippen LogP contribution in [0.3, 0.4) is 0 Å². The molecule has 0 aromatic heterocycles. The predicted molar refractivity (Wildman–Crippen MR) is 87.2 cm³/mol. The molecule has 0 aliphatic carbocycles. The van der Waals surface area contributed by atoms with Gasteiger partial charge >= 0.3 is 12.1 Å². The lowest BCUT2D eigenvalue weighted by Crippen LogP contribution is -2.52. The summed E-state index contributed by atoms with van der Waals surface area (Å²) in [6, 6.07) is 9.11. The number of amides is 1. The molecular formula is C17H25NO6. The maximum absolute atomic E-state index is 11.8. The van der Waals surface area contributed by atoms with Crippen LogP contribution in [0.25, 0.3) is 0 Å². The molecule has 0 spiro atoms. The van der Waals surface area contributed by atoms with Gasteiger partial charge in [0.25, 0.3) is 0 Å². The first-order chi connectivity index (χ1) is 11.2. The molecule has 0 bridgehead atoms. The van der Waals surface area contributed by atoms with E-state index in [0.29, 0.717) is 0 Å². The molecule has 0 aliphatic heterocycles. The Balaban J connectivity index is 2.66. The van der Waals surface area contributed by atoms with Crippen molar-refractivity contribution in [2.24, 2.45) is 5.41 Å². The first-order valence-corrected chi connectivity index (χ1v) is 7.55. The van der Waals surface area contributed by atoms with E-state index in [2.05, 4.69) is 5.48 Å². The van der Waals surface area contributed by atoms with Crippen LogP contribution >= 0.6 is 0 Å². The van der Waals surface area contributed by atoms with E-state index < -0.39 is 17.7 Å². The van der Waals surface area contributed by atoms with Gasteiger partial charge in [0.1, 0.15) is 6.61 Å². The summed E-state index contributed by atoms with van der Waals surface area (Å²) >= 11 is 0. The predicted octanol–water partition coefficient (Wildman–Crippen LogP) is 2.75. The van der Waals surface area contributed by atoms with Crippen molar-refractivity contribution in [3.05, 3.63) is 35.9 Å². The standard InChI is InChI=1S/C17H25NO6/c1-16(2,3)11-17(12-22-4,14(19)20)24-18-15(21)23-10-13-8-6-5-7-9-13/h5-9H,10-12H2,1-4H3,(H,18,21)(H,19,20). The van der Waals surface area contributed by atoms with Crippen LogP contribution in [0.2, 0.25) is 0 Å². The lowest BCUT2D eigenvalue weighted by atomic mass is 9.82. The van der Waals surface area contributed by atoms with Crippen molar-refractivity contribution in [3.63, 3.8) is 0 Å². The maximum atomic E-state index is 11.8. The average Bonchev–Trinajstić information content (AvgIpc) is 2.50. The average molecular weight is 339 g/mol. The molecule has 0 radical (unpaired) electrons. The molecule has 1 aromatic rings. The van der Waals surface area contributed by atoms with Crippen LogP contribution < -0.4 is 5.48 Å². The Hall–Kier alpha value is -2.12. The molecule has 2 N–H and O–H groups in total. The fraction of sp³-hybridized carbons (Fsp3) is 0.529. The number of nitrogens with one attached hydrogen (secondary N) is 1. The number of carbonyl (C=O) groups excluding carboxylic acids is 1. The van der Waals surface area contributed by atoms with Crippen molar-refractivity contribution in [1.29, 1.82) is 0 Å². The summed E-state index contributed by atoms with van der Waals surface area (Å²) in [6.45, 7) is 5.46. The van der Waals surface area contributed by atoms with Crippen molar-refractivity contribution in [2.75, 3.05) is 13.7 Å². The summed E-state index contributed by atoms with van der Waals surface area (Å²) in [4.78, 5) is 28.7. The van der Waals surface area contributed by atoms with Gasteiger partial charge in [-0.2, -0.15) is 5.48 Å². The number of hydroxylamine groups is 1. The largest absolute Gasteiger partial charge is 0.479 e. The van der Waals surface area contributed by atoms with Crippen LogP contribution in [0.5, 0.6) is 0 Å². The van der Waals surface area contributed by atoms with Crippen molar-refractivity contribution in [1.82, 2.24) is 5.48 Å². The van der Waals surface area contributed by atoms with Crippen LogP contribution in [0.15, 0.2) is 30.3 Å². The molecule has 1 unspecified atom stereocenters. The summed E-state index contributed by atoms with van der Waals surface area (Å²) in [5.74, 6) is -1.22. The number of carboxylic acid groups (broad SMARTS) is 1. The molecule has 134 valence electrons. The van der Waals surface area contributed by atoms with Gasteiger partial charge in [-0.25, -0.2) is 14.4 Å². The summed E-state index contributed by atoms with van der Waals surface area (Å²) in [5.41, 5.74) is 0.819.